The smallest absolute Gasteiger partial charge is 0.209 e. The van der Waals surface area contributed by atoms with Gasteiger partial charge in [0.25, 0.3) is 0 Å². The van der Waals surface area contributed by atoms with Crippen LogP contribution in [0.25, 0.3) is 50.0 Å². The number of pyridine rings is 1. The fourth-order valence-corrected chi connectivity index (χ4v) is 4.68. The van der Waals surface area contributed by atoms with Gasteiger partial charge in [-0.3, -0.25) is 15.1 Å². The molecule has 11 heteroatoms. The van der Waals surface area contributed by atoms with Gasteiger partial charge in [0.1, 0.15) is 17.8 Å². The van der Waals surface area contributed by atoms with Crippen LogP contribution in [-0.4, -0.2) is 47.9 Å². The Balaban J connectivity index is 1.57. The first-order valence-corrected chi connectivity index (χ1v) is 13.5. The molecule has 0 fully saturated rings. The number of fused-ring (bicyclic) bond motifs is 2. The molecule has 0 atom stereocenters. The van der Waals surface area contributed by atoms with E-state index >= 15 is 0 Å². The minimum atomic E-state index is -3.42. The van der Waals surface area contributed by atoms with Crippen LogP contribution in [0.2, 0.25) is 0 Å². The molecule has 0 aliphatic rings. The van der Waals surface area contributed by atoms with Crippen LogP contribution in [-0.2, 0) is 16.6 Å². The van der Waals surface area contributed by atoms with E-state index in [1.807, 2.05) is 37.3 Å². The Bertz CT molecular complexity index is 1850. The van der Waals surface area contributed by atoms with Gasteiger partial charge in [0.15, 0.2) is 0 Å². The molecule has 0 amide bonds. The molecule has 0 saturated carbocycles. The minimum absolute atomic E-state index is 0.0250. The van der Waals surface area contributed by atoms with Gasteiger partial charge in [-0.05, 0) is 72.8 Å². The summed E-state index contributed by atoms with van der Waals surface area (Å²) < 4.78 is 39.9. The summed E-state index contributed by atoms with van der Waals surface area (Å²) in [5.41, 5.74) is 6.70. The summed E-state index contributed by atoms with van der Waals surface area (Å²) in [7, 11) is -3.42. The quantitative estimate of drug-likeness (QED) is 0.192. The van der Waals surface area contributed by atoms with Gasteiger partial charge < -0.3 is 4.98 Å². The summed E-state index contributed by atoms with van der Waals surface area (Å²) in [4.78, 5) is 15.6. The van der Waals surface area contributed by atoms with E-state index in [4.69, 9.17) is 0 Å². The first kappa shape index (κ1) is 25.2. The lowest BCUT2D eigenvalue weighted by Crippen LogP contribution is -2.21. The normalized spacial score (nSPS) is 12.7. The average molecular weight is 530 g/mol. The monoisotopic (exact) mass is 529 g/mol. The molecule has 3 aromatic heterocycles. The Morgan fingerprint density at radius 2 is 1.92 bits per heavy atom. The SMILES string of the molecule is C=NC=N/C=C(\C)c1ccc2[nH]nc(-c3cc4c(-c5cc(F)cc(CNS(C)(=O)=O)c5)nccc4[nH]3)c2c1. The van der Waals surface area contributed by atoms with Gasteiger partial charge in [-0.1, -0.05) is 6.07 Å². The number of aliphatic imine (C=N–C) groups is 2. The van der Waals surface area contributed by atoms with Crippen LogP contribution >= 0.6 is 0 Å². The third-order valence-electron chi connectivity index (χ3n) is 6.01. The molecule has 0 saturated heterocycles. The molecule has 9 nitrogen and oxygen atoms in total. The second-order valence-electron chi connectivity index (χ2n) is 8.84. The number of nitrogens with one attached hydrogen (secondary N) is 3. The summed E-state index contributed by atoms with van der Waals surface area (Å²) in [5, 5.41) is 9.31. The highest BCUT2D eigenvalue weighted by Crippen LogP contribution is 2.34. The molecule has 3 heterocycles. The number of H-pyrrole nitrogens is 2. The van der Waals surface area contributed by atoms with Crippen LogP contribution < -0.4 is 4.72 Å². The highest BCUT2D eigenvalue weighted by molar-refractivity contribution is 7.88. The van der Waals surface area contributed by atoms with Crippen LogP contribution in [0.1, 0.15) is 18.1 Å². The molecule has 0 unspecified atom stereocenters. The molecule has 0 radical (unpaired) electrons. The Labute approximate surface area is 218 Å². The maximum Gasteiger partial charge on any atom is 0.209 e. The number of halogens is 1. The number of aromatic nitrogens is 4. The van der Waals surface area contributed by atoms with Gasteiger partial charge in [0.2, 0.25) is 10.0 Å². The largest absolute Gasteiger partial charge is 0.353 e. The molecular weight excluding hydrogens is 505 g/mol. The summed E-state index contributed by atoms with van der Waals surface area (Å²) in [6, 6.07) is 14.2. The molecule has 3 N–H and O–H groups in total. The molecule has 0 bridgehead atoms. The zero-order valence-electron chi connectivity index (χ0n) is 20.7. The van der Waals surface area contributed by atoms with Crippen molar-refractivity contribution in [2.24, 2.45) is 9.98 Å². The number of nitrogens with zero attached hydrogens (tertiary/aromatic N) is 4. The molecule has 0 spiro atoms. The molecule has 38 heavy (non-hydrogen) atoms. The zero-order chi connectivity index (χ0) is 26.9. The molecule has 5 rings (SSSR count). The lowest BCUT2D eigenvalue weighted by Gasteiger charge is -2.08. The van der Waals surface area contributed by atoms with E-state index in [1.54, 1.807) is 18.5 Å². The molecular formula is C27H24FN7O2S. The second-order valence-corrected chi connectivity index (χ2v) is 10.7. The zero-order valence-corrected chi connectivity index (χ0v) is 21.5. The average Bonchev–Trinajstić information content (AvgIpc) is 3.50. The molecule has 0 aliphatic heterocycles. The van der Waals surface area contributed by atoms with Gasteiger partial charge in [0.05, 0.1) is 23.2 Å². The van der Waals surface area contributed by atoms with Gasteiger partial charge >= 0.3 is 0 Å². The van der Waals surface area contributed by atoms with E-state index in [2.05, 4.69) is 41.6 Å². The Morgan fingerprint density at radius 3 is 2.71 bits per heavy atom. The van der Waals surface area contributed by atoms with Crippen LogP contribution in [0.4, 0.5) is 4.39 Å². The van der Waals surface area contributed by atoms with Gasteiger partial charge in [-0.25, -0.2) is 22.5 Å². The van der Waals surface area contributed by atoms with Gasteiger partial charge in [-0.15, -0.1) is 0 Å². The predicted octanol–water partition coefficient (Wildman–Crippen LogP) is 5.05. The van der Waals surface area contributed by atoms with Crippen molar-refractivity contribution < 1.29 is 12.8 Å². The maximum atomic E-state index is 14.5. The first-order valence-electron chi connectivity index (χ1n) is 11.6. The number of hydrogen-bond acceptors (Lipinski definition) is 5. The van der Waals surface area contributed by atoms with Crippen molar-refractivity contribution in [2.45, 2.75) is 13.5 Å². The van der Waals surface area contributed by atoms with Crippen molar-refractivity contribution in [3.05, 3.63) is 77.9 Å². The van der Waals surface area contributed by atoms with Gasteiger partial charge in [0, 0.05) is 40.8 Å². The summed E-state index contributed by atoms with van der Waals surface area (Å²) in [5.74, 6) is -0.482. The van der Waals surface area contributed by atoms with Crippen molar-refractivity contribution >= 4 is 50.5 Å². The Morgan fingerprint density at radius 1 is 1.11 bits per heavy atom. The van der Waals surface area contributed by atoms with Crippen LogP contribution in [0.15, 0.2) is 70.9 Å². The predicted molar refractivity (Wildman–Crippen MR) is 150 cm³/mol. The summed E-state index contributed by atoms with van der Waals surface area (Å²) >= 11 is 0. The van der Waals surface area contributed by atoms with E-state index in [0.717, 1.165) is 50.6 Å². The Kier molecular flexibility index (Phi) is 6.70. The van der Waals surface area contributed by atoms with Crippen molar-refractivity contribution in [1.29, 1.82) is 0 Å². The maximum absolute atomic E-state index is 14.5. The summed E-state index contributed by atoms with van der Waals surface area (Å²) in [6.45, 7) is 5.32. The highest BCUT2D eigenvalue weighted by atomic mass is 32.2. The van der Waals surface area contributed by atoms with Crippen LogP contribution in [0.5, 0.6) is 0 Å². The standard InChI is InChI=1S/C27H24FN7O2S/c1-16(13-30-15-29-2)18-4-5-24-21(11-18)27(35-34-24)25-12-22-23(33-25)6-7-31-26(22)19-8-17(9-20(28)10-19)14-32-38(3,36)37/h4-13,15,32-33H,2,14H2,1,3H3,(H,34,35)/b16-13+,30-15?. The van der Waals surface area contributed by atoms with E-state index in [0.29, 0.717) is 16.8 Å². The minimum Gasteiger partial charge on any atom is -0.353 e. The lowest BCUT2D eigenvalue weighted by atomic mass is 10.0. The lowest BCUT2D eigenvalue weighted by molar-refractivity contribution is 0.586. The van der Waals surface area contributed by atoms with Crippen LogP contribution in [0.3, 0.4) is 0 Å². The van der Waals surface area contributed by atoms with Crippen molar-refractivity contribution in [1.82, 2.24) is 24.9 Å². The molecule has 0 aliphatic carbocycles. The first-order chi connectivity index (χ1) is 18.2. The highest BCUT2D eigenvalue weighted by Gasteiger charge is 2.16. The number of rotatable bonds is 8. The van der Waals surface area contributed by atoms with E-state index < -0.39 is 15.8 Å². The van der Waals surface area contributed by atoms with E-state index in [-0.39, 0.29) is 6.54 Å². The summed E-state index contributed by atoms with van der Waals surface area (Å²) in [6.07, 6.45) is 5.80. The molecule has 192 valence electrons. The number of hydrogen-bond donors (Lipinski definition) is 3. The second kappa shape index (κ2) is 10.1. The topological polar surface area (TPSA) is 128 Å². The number of aromatic amines is 2. The number of sulfonamides is 1. The van der Waals surface area contributed by atoms with E-state index in [9.17, 15) is 12.8 Å². The Hall–Kier alpha value is -4.48. The van der Waals surface area contributed by atoms with Crippen molar-refractivity contribution in [2.75, 3.05) is 6.26 Å². The van der Waals surface area contributed by atoms with Gasteiger partial charge in [-0.2, -0.15) is 5.10 Å². The van der Waals surface area contributed by atoms with E-state index in [1.165, 1.54) is 18.5 Å². The third kappa shape index (κ3) is 5.29. The number of allylic oxidation sites excluding steroid dienone is 1. The van der Waals surface area contributed by atoms with Crippen molar-refractivity contribution in [3.8, 4) is 22.6 Å². The fraction of sp³-hybridized carbons (Fsp3) is 0.111. The molecule has 2 aromatic carbocycles. The van der Waals surface area contributed by atoms with Crippen LogP contribution in [0, 0.1) is 5.82 Å². The third-order valence-corrected chi connectivity index (χ3v) is 6.68. The fourth-order valence-electron chi connectivity index (χ4n) is 4.25. The molecule has 5 aromatic rings. The number of benzene rings is 2. The van der Waals surface area contributed by atoms with Crippen molar-refractivity contribution in [3.63, 3.8) is 0 Å².